The van der Waals surface area contributed by atoms with E-state index < -0.39 is 17.5 Å². The molecule has 2 heterocycles. The van der Waals surface area contributed by atoms with Gasteiger partial charge in [-0.3, -0.25) is 9.59 Å². The number of pyridine rings is 1. The Hall–Kier alpha value is -2.87. The highest BCUT2D eigenvalue weighted by Gasteiger charge is 2.47. The second-order valence-corrected chi connectivity index (χ2v) is 9.15. The number of nitrogens with one attached hydrogen (secondary N) is 2. The van der Waals surface area contributed by atoms with E-state index in [1.165, 1.54) is 6.07 Å². The molecule has 172 valence electrons. The molecule has 4 rings (SSSR count). The van der Waals surface area contributed by atoms with E-state index in [0.29, 0.717) is 11.1 Å². The Balaban J connectivity index is 1.55. The Bertz CT molecular complexity index is 1120. The number of benzene rings is 1. The molecule has 0 spiro atoms. The maximum atomic E-state index is 14.9. The zero-order chi connectivity index (χ0) is 23.2. The van der Waals surface area contributed by atoms with Crippen molar-refractivity contribution in [3.63, 3.8) is 0 Å². The molecule has 1 unspecified atom stereocenters. The Morgan fingerprint density at radius 2 is 1.84 bits per heavy atom. The van der Waals surface area contributed by atoms with Crippen LogP contribution < -0.4 is 26.1 Å². The molecule has 1 saturated carbocycles. The standard InChI is InChI=1S/C24H30FN3O4/c1-12-9-13(2)28-23(30)18(12)11-27-22(29)17-10-19(25)21-20(14(17)3)31-24(4,32-21)15-5-7-16(26)8-6-15/h9-10,15-16H,5-8,11,26H2,1-4H3,(H,27,29)(H,28,30)/t15-,16-,24?. The summed E-state index contributed by atoms with van der Waals surface area (Å²) in [6.45, 7) is 7.18. The smallest absolute Gasteiger partial charge is 0.253 e. The topological polar surface area (TPSA) is 106 Å². The largest absolute Gasteiger partial charge is 0.448 e. The van der Waals surface area contributed by atoms with Gasteiger partial charge < -0.3 is 25.5 Å². The van der Waals surface area contributed by atoms with Gasteiger partial charge in [0.05, 0.1) is 0 Å². The molecule has 8 heteroatoms. The summed E-state index contributed by atoms with van der Waals surface area (Å²) < 4.78 is 27.1. The molecule has 1 amide bonds. The molecule has 0 saturated heterocycles. The number of halogens is 1. The fraction of sp³-hybridized carbons (Fsp3) is 0.500. The zero-order valence-electron chi connectivity index (χ0n) is 18.9. The zero-order valence-corrected chi connectivity index (χ0v) is 18.9. The average Bonchev–Trinajstić information content (AvgIpc) is 3.10. The molecule has 1 atom stereocenters. The number of hydrogen-bond donors (Lipinski definition) is 3. The van der Waals surface area contributed by atoms with Gasteiger partial charge in [-0.1, -0.05) is 0 Å². The molecule has 2 aliphatic rings. The molecule has 0 radical (unpaired) electrons. The average molecular weight is 444 g/mol. The van der Waals surface area contributed by atoms with Crippen LogP contribution in [0.5, 0.6) is 11.5 Å². The molecular weight excluding hydrogens is 413 g/mol. The van der Waals surface area contributed by atoms with Crippen molar-refractivity contribution in [1.29, 1.82) is 0 Å². The first-order valence-corrected chi connectivity index (χ1v) is 11.0. The highest BCUT2D eigenvalue weighted by molar-refractivity contribution is 5.96. The highest BCUT2D eigenvalue weighted by atomic mass is 19.1. The number of amides is 1. The summed E-state index contributed by atoms with van der Waals surface area (Å²) in [5.41, 5.74) is 8.41. The Kier molecular flexibility index (Phi) is 5.75. The molecule has 0 bridgehead atoms. The molecule has 1 aromatic heterocycles. The first-order chi connectivity index (χ1) is 15.1. The molecule has 2 aromatic rings. The lowest BCUT2D eigenvalue weighted by atomic mass is 9.81. The molecule has 1 aliphatic heterocycles. The van der Waals surface area contributed by atoms with Gasteiger partial charge in [0.2, 0.25) is 5.75 Å². The summed E-state index contributed by atoms with van der Waals surface area (Å²) in [5, 5.41) is 2.73. The van der Waals surface area contributed by atoms with Gasteiger partial charge in [0.25, 0.3) is 17.3 Å². The van der Waals surface area contributed by atoms with E-state index in [-0.39, 0.29) is 41.1 Å². The van der Waals surface area contributed by atoms with E-state index in [2.05, 4.69) is 10.3 Å². The number of H-pyrrole nitrogens is 1. The number of rotatable bonds is 4. The summed E-state index contributed by atoms with van der Waals surface area (Å²) in [4.78, 5) is 27.8. The number of aromatic amines is 1. The summed E-state index contributed by atoms with van der Waals surface area (Å²) >= 11 is 0. The van der Waals surface area contributed by atoms with Crippen LogP contribution in [0.1, 0.15) is 65.3 Å². The number of nitrogens with two attached hydrogens (primary N) is 1. The molecule has 7 nitrogen and oxygen atoms in total. The summed E-state index contributed by atoms with van der Waals surface area (Å²) in [6.07, 6.45) is 3.42. The van der Waals surface area contributed by atoms with E-state index in [4.69, 9.17) is 15.2 Å². The minimum atomic E-state index is -0.991. The number of carbonyl (C=O) groups excluding carboxylic acids is 1. The first-order valence-electron chi connectivity index (χ1n) is 11.0. The van der Waals surface area contributed by atoms with Gasteiger partial charge in [-0.25, -0.2) is 4.39 Å². The molecule has 1 aliphatic carbocycles. The lowest BCUT2D eigenvalue weighted by Crippen LogP contribution is -2.46. The second kappa shape index (κ2) is 8.24. The van der Waals surface area contributed by atoms with Crippen molar-refractivity contribution in [3.05, 3.63) is 56.3 Å². The number of hydrogen-bond acceptors (Lipinski definition) is 5. The molecule has 4 N–H and O–H groups in total. The maximum Gasteiger partial charge on any atom is 0.253 e. The normalized spacial score (nSPS) is 24.4. The summed E-state index contributed by atoms with van der Waals surface area (Å²) in [5.74, 6) is -1.72. The number of fused-ring (bicyclic) bond motifs is 1. The van der Waals surface area contributed by atoms with Crippen molar-refractivity contribution in [2.75, 3.05) is 0 Å². The minimum absolute atomic E-state index is 0.0375. The van der Waals surface area contributed by atoms with Crippen LogP contribution in [0, 0.1) is 32.5 Å². The number of aryl methyl sites for hydroxylation is 2. The number of carbonyl (C=O) groups is 1. The number of ether oxygens (including phenoxy) is 2. The third-order valence-electron chi connectivity index (χ3n) is 6.73. The maximum absolute atomic E-state index is 14.9. The van der Waals surface area contributed by atoms with Gasteiger partial charge in [0.1, 0.15) is 0 Å². The van der Waals surface area contributed by atoms with Crippen molar-refractivity contribution in [2.45, 2.75) is 71.8 Å². The van der Waals surface area contributed by atoms with Gasteiger partial charge in [-0.05, 0) is 64.2 Å². The minimum Gasteiger partial charge on any atom is -0.448 e. The van der Waals surface area contributed by atoms with Gasteiger partial charge in [-0.15, -0.1) is 0 Å². The predicted molar refractivity (Wildman–Crippen MR) is 118 cm³/mol. The van der Waals surface area contributed by atoms with Crippen molar-refractivity contribution in [2.24, 2.45) is 11.7 Å². The van der Waals surface area contributed by atoms with Crippen LogP contribution in [0.4, 0.5) is 4.39 Å². The van der Waals surface area contributed by atoms with Crippen LogP contribution in [0.25, 0.3) is 0 Å². The van der Waals surface area contributed by atoms with Crippen molar-refractivity contribution >= 4 is 5.91 Å². The fourth-order valence-electron chi connectivity index (χ4n) is 4.76. The third kappa shape index (κ3) is 3.99. The van der Waals surface area contributed by atoms with E-state index in [0.717, 1.165) is 36.9 Å². The van der Waals surface area contributed by atoms with Gasteiger partial charge in [0.15, 0.2) is 11.6 Å². The van der Waals surface area contributed by atoms with E-state index in [1.54, 1.807) is 13.8 Å². The van der Waals surface area contributed by atoms with Crippen LogP contribution in [0.3, 0.4) is 0 Å². The predicted octanol–water partition coefficient (Wildman–Crippen LogP) is 3.37. The molecule has 1 fully saturated rings. The van der Waals surface area contributed by atoms with E-state index in [1.807, 2.05) is 19.9 Å². The van der Waals surface area contributed by atoms with E-state index >= 15 is 0 Å². The Morgan fingerprint density at radius 1 is 1.19 bits per heavy atom. The quantitative estimate of drug-likeness (QED) is 0.672. The molecular formula is C24H30FN3O4. The Labute approximate surface area is 186 Å². The number of aromatic nitrogens is 1. The van der Waals surface area contributed by atoms with Crippen molar-refractivity contribution < 1.29 is 18.7 Å². The van der Waals surface area contributed by atoms with E-state index in [9.17, 15) is 14.0 Å². The molecule has 32 heavy (non-hydrogen) atoms. The highest BCUT2D eigenvalue weighted by Crippen LogP contribution is 2.49. The van der Waals surface area contributed by atoms with Crippen molar-refractivity contribution in [3.8, 4) is 11.5 Å². The lowest BCUT2D eigenvalue weighted by Gasteiger charge is -2.36. The van der Waals surface area contributed by atoms with Crippen LogP contribution in [0.15, 0.2) is 16.9 Å². The van der Waals surface area contributed by atoms with Gasteiger partial charge in [-0.2, -0.15) is 0 Å². The van der Waals surface area contributed by atoms with Crippen LogP contribution in [0.2, 0.25) is 0 Å². The second-order valence-electron chi connectivity index (χ2n) is 9.15. The summed E-state index contributed by atoms with van der Waals surface area (Å²) in [6, 6.07) is 3.19. The third-order valence-corrected chi connectivity index (χ3v) is 6.73. The fourth-order valence-corrected chi connectivity index (χ4v) is 4.76. The summed E-state index contributed by atoms with van der Waals surface area (Å²) in [7, 11) is 0. The van der Waals surface area contributed by atoms with Gasteiger partial charge in [0, 0.05) is 47.8 Å². The monoisotopic (exact) mass is 443 g/mol. The van der Waals surface area contributed by atoms with Crippen LogP contribution in [-0.4, -0.2) is 22.7 Å². The van der Waals surface area contributed by atoms with Gasteiger partial charge >= 0.3 is 0 Å². The SMILES string of the molecule is Cc1cc(C)c(CNC(=O)c2cc(F)c3c(c2C)OC(C)([C@H]2CC[C@H](N)CC2)O3)c(=O)[nH]1. The lowest BCUT2D eigenvalue weighted by molar-refractivity contribution is -0.121. The first kappa shape index (κ1) is 22.3. The molecule has 1 aromatic carbocycles. The van der Waals surface area contributed by atoms with Crippen LogP contribution >= 0.6 is 0 Å². The van der Waals surface area contributed by atoms with Crippen LogP contribution in [-0.2, 0) is 6.54 Å². The van der Waals surface area contributed by atoms with Crippen molar-refractivity contribution in [1.82, 2.24) is 10.3 Å². The Morgan fingerprint density at radius 3 is 2.50 bits per heavy atom.